The molecule has 2 aromatic rings. The molecule has 0 aliphatic rings. The van der Waals surface area contributed by atoms with Crippen LogP contribution in [0, 0.1) is 0 Å². The van der Waals surface area contributed by atoms with Crippen LogP contribution in [0.3, 0.4) is 0 Å². The van der Waals surface area contributed by atoms with Gasteiger partial charge in [0.25, 0.3) is 0 Å². The van der Waals surface area contributed by atoms with E-state index in [1.807, 2.05) is 11.4 Å². The standard InChI is InChI=1S/C10H12N4O2S/c11-5-8-9(10(15)16)12-13-14(8)3-1-7-2-4-17-6-7/h2,4,6H,1,3,5,11H2,(H,15,16). The molecule has 0 radical (unpaired) electrons. The van der Waals surface area contributed by atoms with E-state index in [9.17, 15) is 4.79 Å². The first-order valence-electron chi connectivity index (χ1n) is 5.09. The molecule has 0 aliphatic carbocycles. The van der Waals surface area contributed by atoms with Crippen LogP contribution in [0.4, 0.5) is 0 Å². The zero-order valence-corrected chi connectivity index (χ0v) is 9.85. The van der Waals surface area contributed by atoms with Crippen molar-refractivity contribution in [2.75, 3.05) is 0 Å². The molecule has 6 nitrogen and oxygen atoms in total. The van der Waals surface area contributed by atoms with Gasteiger partial charge in [0.2, 0.25) is 0 Å². The SMILES string of the molecule is NCc1c(C(=O)O)nnn1CCc1ccsc1. The summed E-state index contributed by atoms with van der Waals surface area (Å²) in [6, 6.07) is 2.03. The molecule has 0 saturated carbocycles. The van der Waals surface area contributed by atoms with Gasteiger partial charge in [-0.2, -0.15) is 11.3 Å². The van der Waals surface area contributed by atoms with E-state index in [0.29, 0.717) is 12.2 Å². The molecular weight excluding hydrogens is 240 g/mol. The lowest BCUT2D eigenvalue weighted by molar-refractivity contribution is 0.0689. The Hall–Kier alpha value is -1.73. The average molecular weight is 252 g/mol. The third kappa shape index (κ3) is 2.51. The van der Waals surface area contributed by atoms with E-state index in [2.05, 4.69) is 15.7 Å². The van der Waals surface area contributed by atoms with Crippen LogP contribution in [0.15, 0.2) is 16.8 Å². The summed E-state index contributed by atoms with van der Waals surface area (Å²) >= 11 is 1.63. The molecule has 90 valence electrons. The number of hydrogen-bond acceptors (Lipinski definition) is 5. The van der Waals surface area contributed by atoms with Crippen LogP contribution in [0.5, 0.6) is 0 Å². The number of hydrogen-bond donors (Lipinski definition) is 2. The van der Waals surface area contributed by atoms with E-state index in [4.69, 9.17) is 10.8 Å². The van der Waals surface area contributed by atoms with Crippen molar-refractivity contribution in [2.24, 2.45) is 5.73 Å². The maximum atomic E-state index is 10.9. The Morgan fingerprint density at radius 2 is 2.41 bits per heavy atom. The summed E-state index contributed by atoms with van der Waals surface area (Å²) in [5, 5.41) is 20.4. The highest BCUT2D eigenvalue weighted by Gasteiger charge is 2.17. The molecule has 3 N–H and O–H groups in total. The number of aryl methyl sites for hydroxylation is 2. The fraction of sp³-hybridized carbons (Fsp3) is 0.300. The predicted octanol–water partition coefficient (Wildman–Crippen LogP) is 0.739. The molecule has 0 unspecified atom stereocenters. The Kier molecular flexibility index (Phi) is 3.50. The van der Waals surface area contributed by atoms with Gasteiger partial charge in [-0.05, 0) is 28.8 Å². The largest absolute Gasteiger partial charge is 0.476 e. The van der Waals surface area contributed by atoms with Crippen molar-refractivity contribution in [1.29, 1.82) is 0 Å². The first-order chi connectivity index (χ1) is 8.22. The second kappa shape index (κ2) is 5.07. The number of rotatable bonds is 5. The topological polar surface area (TPSA) is 94.0 Å². The number of thiophene rings is 1. The van der Waals surface area contributed by atoms with Gasteiger partial charge in [0, 0.05) is 13.1 Å². The molecule has 0 bridgehead atoms. The number of nitrogens with zero attached hydrogens (tertiary/aromatic N) is 3. The summed E-state index contributed by atoms with van der Waals surface area (Å²) in [7, 11) is 0. The second-order valence-electron chi connectivity index (χ2n) is 3.50. The van der Waals surface area contributed by atoms with Gasteiger partial charge in [0.05, 0.1) is 5.69 Å². The summed E-state index contributed by atoms with van der Waals surface area (Å²) in [6.45, 7) is 0.710. The fourth-order valence-corrected chi connectivity index (χ4v) is 2.25. The summed E-state index contributed by atoms with van der Waals surface area (Å²) in [5.74, 6) is -1.09. The molecule has 2 aromatic heterocycles. The number of carbonyl (C=O) groups is 1. The van der Waals surface area contributed by atoms with E-state index in [0.717, 1.165) is 6.42 Å². The lowest BCUT2D eigenvalue weighted by Crippen LogP contribution is -2.13. The van der Waals surface area contributed by atoms with Gasteiger partial charge >= 0.3 is 5.97 Å². The van der Waals surface area contributed by atoms with Crippen molar-refractivity contribution in [3.63, 3.8) is 0 Å². The monoisotopic (exact) mass is 252 g/mol. The normalized spacial score (nSPS) is 10.6. The molecule has 0 aromatic carbocycles. The van der Waals surface area contributed by atoms with Gasteiger partial charge < -0.3 is 10.8 Å². The molecule has 2 rings (SSSR count). The minimum absolute atomic E-state index is 0.0576. The van der Waals surface area contributed by atoms with Gasteiger partial charge in [0.1, 0.15) is 0 Å². The molecule has 0 fully saturated rings. The van der Waals surface area contributed by atoms with Crippen molar-refractivity contribution in [2.45, 2.75) is 19.5 Å². The Morgan fingerprint density at radius 3 is 3.00 bits per heavy atom. The minimum Gasteiger partial charge on any atom is -0.476 e. The Balaban J connectivity index is 2.13. The van der Waals surface area contributed by atoms with Gasteiger partial charge in [-0.3, -0.25) is 0 Å². The number of carboxylic acid groups (broad SMARTS) is 1. The number of aromatic carboxylic acids is 1. The number of aromatic nitrogens is 3. The van der Waals surface area contributed by atoms with Crippen LogP contribution in [0.25, 0.3) is 0 Å². The summed E-state index contributed by atoms with van der Waals surface area (Å²) in [4.78, 5) is 10.9. The maximum absolute atomic E-state index is 10.9. The van der Waals surface area contributed by atoms with Crippen LogP contribution in [0.2, 0.25) is 0 Å². The van der Waals surface area contributed by atoms with Gasteiger partial charge in [-0.1, -0.05) is 5.21 Å². The van der Waals surface area contributed by atoms with Gasteiger partial charge in [-0.25, -0.2) is 9.48 Å². The van der Waals surface area contributed by atoms with Crippen LogP contribution in [-0.2, 0) is 19.5 Å². The van der Waals surface area contributed by atoms with E-state index in [1.54, 1.807) is 16.0 Å². The predicted molar refractivity (Wildman–Crippen MR) is 62.9 cm³/mol. The Bertz CT molecular complexity index is 506. The van der Waals surface area contributed by atoms with E-state index >= 15 is 0 Å². The third-order valence-corrected chi connectivity index (χ3v) is 3.16. The maximum Gasteiger partial charge on any atom is 0.358 e. The van der Waals surface area contributed by atoms with E-state index in [-0.39, 0.29) is 12.2 Å². The molecule has 2 heterocycles. The molecule has 0 amide bonds. The highest BCUT2D eigenvalue weighted by molar-refractivity contribution is 7.07. The van der Waals surface area contributed by atoms with E-state index in [1.165, 1.54) is 5.56 Å². The second-order valence-corrected chi connectivity index (χ2v) is 4.28. The zero-order valence-electron chi connectivity index (χ0n) is 9.04. The lowest BCUT2D eigenvalue weighted by Gasteiger charge is -2.03. The highest BCUT2D eigenvalue weighted by atomic mass is 32.1. The minimum atomic E-state index is -1.09. The Labute approximate surface area is 102 Å². The smallest absolute Gasteiger partial charge is 0.358 e. The quantitative estimate of drug-likeness (QED) is 0.818. The third-order valence-electron chi connectivity index (χ3n) is 2.43. The van der Waals surface area contributed by atoms with Crippen molar-refractivity contribution >= 4 is 17.3 Å². The van der Waals surface area contributed by atoms with E-state index < -0.39 is 5.97 Å². The molecular formula is C10H12N4O2S. The summed E-state index contributed by atoms with van der Waals surface area (Å²) in [6.07, 6.45) is 0.791. The zero-order chi connectivity index (χ0) is 12.3. The summed E-state index contributed by atoms with van der Waals surface area (Å²) in [5.41, 5.74) is 7.13. The molecule has 7 heteroatoms. The first-order valence-corrected chi connectivity index (χ1v) is 6.03. The average Bonchev–Trinajstić information content (AvgIpc) is 2.95. The van der Waals surface area contributed by atoms with Gasteiger partial charge in [0.15, 0.2) is 5.69 Å². The first kappa shape index (κ1) is 11.7. The lowest BCUT2D eigenvalue weighted by atomic mass is 10.2. The molecule has 17 heavy (non-hydrogen) atoms. The number of nitrogens with two attached hydrogens (primary N) is 1. The highest BCUT2D eigenvalue weighted by Crippen LogP contribution is 2.10. The molecule has 0 spiro atoms. The molecule has 0 atom stereocenters. The van der Waals surface area contributed by atoms with Crippen molar-refractivity contribution < 1.29 is 9.90 Å². The van der Waals surface area contributed by atoms with Crippen molar-refractivity contribution in [3.05, 3.63) is 33.8 Å². The number of carboxylic acids is 1. The van der Waals surface area contributed by atoms with Crippen LogP contribution >= 0.6 is 11.3 Å². The summed E-state index contributed by atoms with van der Waals surface area (Å²) < 4.78 is 1.56. The molecule has 0 saturated heterocycles. The van der Waals surface area contributed by atoms with Crippen molar-refractivity contribution in [1.82, 2.24) is 15.0 Å². The van der Waals surface area contributed by atoms with Gasteiger partial charge in [-0.15, -0.1) is 5.10 Å². The van der Waals surface area contributed by atoms with Crippen molar-refractivity contribution in [3.8, 4) is 0 Å². The molecule has 0 aliphatic heterocycles. The van der Waals surface area contributed by atoms with Crippen LogP contribution < -0.4 is 5.73 Å². The van der Waals surface area contributed by atoms with Crippen LogP contribution in [0.1, 0.15) is 21.7 Å². The van der Waals surface area contributed by atoms with Crippen LogP contribution in [-0.4, -0.2) is 26.1 Å². The Morgan fingerprint density at radius 1 is 1.59 bits per heavy atom. The fourth-order valence-electron chi connectivity index (χ4n) is 1.55.